The van der Waals surface area contributed by atoms with Gasteiger partial charge in [0, 0.05) is 6.42 Å². The van der Waals surface area contributed by atoms with E-state index in [0.717, 1.165) is 31.6 Å². The number of hydrogen-bond acceptors (Lipinski definition) is 3. The smallest absolute Gasteiger partial charge is 0.119 e. The maximum Gasteiger partial charge on any atom is 0.119 e. The minimum absolute atomic E-state index is 0.356. The fraction of sp³-hybridized carbons (Fsp3) is 0.500. The van der Waals surface area contributed by atoms with Crippen molar-refractivity contribution in [3.63, 3.8) is 0 Å². The third-order valence-corrected chi connectivity index (χ3v) is 3.28. The first-order valence-corrected chi connectivity index (χ1v) is 6.10. The van der Waals surface area contributed by atoms with Crippen LogP contribution in [0.4, 0.5) is 0 Å². The number of rotatable bonds is 4. The van der Waals surface area contributed by atoms with Crippen LogP contribution in [0, 0.1) is 18.3 Å². The van der Waals surface area contributed by atoms with E-state index >= 15 is 0 Å². The topological polar surface area (TPSA) is 45.0 Å². The minimum Gasteiger partial charge on any atom is -0.493 e. The lowest BCUT2D eigenvalue weighted by Crippen LogP contribution is -2.39. The largest absolute Gasteiger partial charge is 0.493 e. The third kappa shape index (κ3) is 2.98. The summed E-state index contributed by atoms with van der Waals surface area (Å²) < 4.78 is 5.66. The zero-order chi connectivity index (χ0) is 12.1. The van der Waals surface area contributed by atoms with Gasteiger partial charge in [0.15, 0.2) is 0 Å². The van der Waals surface area contributed by atoms with Crippen LogP contribution in [0.15, 0.2) is 24.3 Å². The van der Waals surface area contributed by atoms with E-state index in [0.29, 0.717) is 6.61 Å². The number of nitrogens with one attached hydrogen (secondary N) is 1. The number of nitrogens with zero attached hydrogens (tertiary/aromatic N) is 1. The van der Waals surface area contributed by atoms with Crippen molar-refractivity contribution in [1.29, 1.82) is 5.26 Å². The third-order valence-electron chi connectivity index (χ3n) is 3.28. The Balaban J connectivity index is 1.83. The Morgan fingerprint density at radius 3 is 2.76 bits per heavy atom. The van der Waals surface area contributed by atoms with Crippen molar-refractivity contribution < 1.29 is 4.74 Å². The van der Waals surface area contributed by atoms with Crippen LogP contribution in [0.3, 0.4) is 0 Å². The highest BCUT2D eigenvalue weighted by atomic mass is 16.5. The van der Waals surface area contributed by atoms with Crippen LogP contribution < -0.4 is 10.1 Å². The molecule has 2 rings (SSSR count). The van der Waals surface area contributed by atoms with E-state index in [4.69, 9.17) is 4.74 Å². The molecule has 0 saturated carbocycles. The molecule has 0 spiro atoms. The molecule has 3 heteroatoms. The molecule has 1 saturated heterocycles. The summed E-state index contributed by atoms with van der Waals surface area (Å²) in [5.41, 5.74) is 0.869. The van der Waals surface area contributed by atoms with Crippen molar-refractivity contribution in [1.82, 2.24) is 5.32 Å². The Hall–Kier alpha value is -1.53. The molecule has 1 fully saturated rings. The highest BCUT2D eigenvalue weighted by Crippen LogP contribution is 2.22. The fourth-order valence-corrected chi connectivity index (χ4v) is 2.15. The Morgan fingerprint density at radius 2 is 2.18 bits per heavy atom. The zero-order valence-corrected chi connectivity index (χ0v) is 10.2. The van der Waals surface area contributed by atoms with E-state index in [1.54, 1.807) is 0 Å². The second-order valence-corrected chi connectivity index (χ2v) is 4.64. The first-order chi connectivity index (χ1) is 8.24. The molecule has 0 bridgehead atoms. The summed E-state index contributed by atoms with van der Waals surface area (Å²) in [7, 11) is 0. The molecule has 1 N–H and O–H groups in total. The molecule has 0 radical (unpaired) electrons. The van der Waals surface area contributed by atoms with E-state index in [1.807, 2.05) is 24.3 Å². The molecule has 1 atom stereocenters. The summed E-state index contributed by atoms with van der Waals surface area (Å²) in [4.78, 5) is 0. The molecule has 1 aliphatic rings. The van der Waals surface area contributed by atoms with Gasteiger partial charge in [-0.3, -0.25) is 5.32 Å². The standard InChI is InChI=1S/C14H18N2O/c1-12-3-5-13(6-4-12)17-10-8-14(11-15)7-2-9-16-14/h3-6,16H,2,7-10H2,1H3. The molecule has 1 aromatic carbocycles. The van der Waals surface area contributed by atoms with Gasteiger partial charge < -0.3 is 4.74 Å². The van der Waals surface area contributed by atoms with Crippen LogP contribution >= 0.6 is 0 Å². The van der Waals surface area contributed by atoms with Gasteiger partial charge in [-0.05, 0) is 38.4 Å². The summed E-state index contributed by atoms with van der Waals surface area (Å²) >= 11 is 0. The predicted octanol–water partition coefficient (Wildman–Crippen LogP) is 2.41. The van der Waals surface area contributed by atoms with Crippen molar-refractivity contribution >= 4 is 0 Å². The Labute approximate surface area is 102 Å². The van der Waals surface area contributed by atoms with Gasteiger partial charge in [0.25, 0.3) is 0 Å². The predicted molar refractivity (Wildman–Crippen MR) is 66.9 cm³/mol. The van der Waals surface area contributed by atoms with Crippen LogP contribution in [0.5, 0.6) is 5.75 Å². The van der Waals surface area contributed by atoms with Crippen LogP contribution in [0.2, 0.25) is 0 Å². The Kier molecular flexibility index (Phi) is 3.65. The summed E-state index contributed by atoms with van der Waals surface area (Å²) in [5.74, 6) is 0.877. The molecule has 0 aliphatic carbocycles. The maximum atomic E-state index is 9.18. The van der Waals surface area contributed by atoms with Crippen molar-refractivity contribution in [3.05, 3.63) is 29.8 Å². The molecule has 1 aromatic rings. The van der Waals surface area contributed by atoms with Crippen molar-refractivity contribution in [2.75, 3.05) is 13.2 Å². The summed E-state index contributed by atoms with van der Waals surface area (Å²) in [6.07, 6.45) is 2.76. The molecule has 1 aliphatic heterocycles. The van der Waals surface area contributed by atoms with Gasteiger partial charge in [0.1, 0.15) is 11.3 Å². The highest BCUT2D eigenvalue weighted by molar-refractivity contribution is 5.26. The average molecular weight is 230 g/mol. The molecular weight excluding hydrogens is 212 g/mol. The van der Waals surface area contributed by atoms with Gasteiger partial charge in [-0.2, -0.15) is 5.26 Å². The summed E-state index contributed by atoms with van der Waals surface area (Å²) in [6, 6.07) is 10.4. The zero-order valence-electron chi connectivity index (χ0n) is 10.2. The van der Waals surface area contributed by atoms with Crippen molar-refractivity contribution in [2.45, 2.75) is 31.7 Å². The van der Waals surface area contributed by atoms with Crippen LogP contribution in [0.25, 0.3) is 0 Å². The van der Waals surface area contributed by atoms with E-state index in [9.17, 15) is 5.26 Å². The highest BCUT2D eigenvalue weighted by Gasteiger charge is 2.33. The Bertz CT molecular complexity index is 399. The van der Waals surface area contributed by atoms with Crippen LogP contribution in [-0.4, -0.2) is 18.7 Å². The number of ether oxygens (including phenoxy) is 1. The van der Waals surface area contributed by atoms with Crippen molar-refractivity contribution in [2.24, 2.45) is 0 Å². The van der Waals surface area contributed by atoms with Crippen LogP contribution in [-0.2, 0) is 0 Å². The SMILES string of the molecule is Cc1ccc(OCCC2(C#N)CCCN2)cc1. The maximum absolute atomic E-state index is 9.18. The number of hydrogen-bond donors (Lipinski definition) is 1. The van der Waals surface area contributed by atoms with Gasteiger partial charge in [-0.1, -0.05) is 17.7 Å². The molecule has 0 amide bonds. The molecule has 90 valence electrons. The molecule has 3 nitrogen and oxygen atoms in total. The van der Waals surface area contributed by atoms with E-state index in [2.05, 4.69) is 18.3 Å². The summed E-state index contributed by atoms with van der Waals surface area (Å²) in [5, 5.41) is 12.5. The first-order valence-electron chi connectivity index (χ1n) is 6.10. The molecule has 1 heterocycles. The number of nitriles is 1. The average Bonchev–Trinajstić information content (AvgIpc) is 2.81. The fourth-order valence-electron chi connectivity index (χ4n) is 2.15. The van der Waals surface area contributed by atoms with Crippen molar-refractivity contribution in [3.8, 4) is 11.8 Å². The second-order valence-electron chi connectivity index (χ2n) is 4.64. The van der Waals surface area contributed by atoms with E-state index in [-0.39, 0.29) is 5.54 Å². The Morgan fingerprint density at radius 1 is 1.41 bits per heavy atom. The van der Waals surface area contributed by atoms with Gasteiger partial charge in [-0.25, -0.2) is 0 Å². The van der Waals surface area contributed by atoms with E-state index in [1.165, 1.54) is 5.56 Å². The number of benzene rings is 1. The quantitative estimate of drug-likeness (QED) is 0.864. The lowest BCUT2D eigenvalue weighted by Gasteiger charge is -2.20. The molecule has 1 unspecified atom stereocenters. The minimum atomic E-state index is -0.356. The van der Waals surface area contributed by atoms with Gasteiger partial charge in [-0.15, -0.1) is 0 Å². The molecular formula is C14H18N2O. The monoisotopic (exact) mass is 230 g/mol. The van der Waals surface area contributed by atoms with Gasteiger partial charge >= 0.3 is 0 Å². The lowest BCUT2D eigenvalue weighted by atomic mass is 9.96. The van der Waals surface area contributed by atoms with Gasteiger partial charge in [0.2, 0.25) is 0 Å². The first kappa shape index (κ1) is 11.9. The number of aryl methyl sites for hydroxylation is 1. The lowest BCUT2D eigenvalue weighted by molar-refractivity contribution is 0.270. The summed E-state index contributed by atoms with van der Waals surface area (Å²) in [6.45, 7) is 3.58. The normalized spacial score (nSPS) is 23.3. The van der Waals surface area contributed by atoms with Gasteiger partial charge in [0.05, 0.1) is 12.7 Å². The molecule has 0 aromatic heterocycles. The van der Waals surface area contributed by atoms with E-state index < -0.39 is 0 Å². The second kappa shape index (κ2) is 5.20. The van der Waals surface area contributed by atoms with Crippen LogP contribution in [0.1, 0.15) is 24.8 Å². The molecule has 17 heavy (non-hydrogen) atoms.